The number of aryl methyl sites for hydroxylation is 1. The van der Waals surface area contributed by atoms with Gasteiger partial charge in [-0.25, -0.2) is 4.98 Å². The number of imidazole rings is 1. The molecule has 2 atom stereocenters. The van der Waals surface area contributed by atoms with Crippen molar-refractivity contribution < 1.29 is 38.5 Å². The fraction of sp³-hybridized carbons (Fsp3) is 0.600. The number of guanidine groups is 1. The molecule has 1 aliphatic heterocycles. The van der Waals surface area contributed by atoms with Gasteiger partial charge in [0.2, 0.25) is 18.3 Å². The van der Waals surface area contributed by atoms with Gasteiger partial charge >= 0.3 is 7.60 Å². The largest absolute Gasteiger partial charge is 0.373 e. The Labute approximate surface area is 179 Å². The van der Waals surface area contributed by atoms with Gasteiger partial charge in [-0.05, 0) is 6.92 Å². The monoisotopic (exact) mass is 480 g/mol. The number of carbonyl (C=O) groups excluding carboxylic acids is 2. The molecule has 2 heterocycles. The fourth-order valence-corrected chi connectivity index (χ4v) is 3.84. The molecule has 31 heavy (non-hydrogen) atoms. The SMILES string of the molecule is Cc1ncn(C2CN(C(=O)CCP(O)O)CC2OCCP(=O)(O)O)c1/N=C(/N)NC=O. The van der Waals surface area contributed by atoms with E-state index in [2.05, 4.69) is 15.3 Å². The van der Waals surface area contributed by atoms with Gasteiger partial charge in [0.15, 0.2) is 14.2 Å². The molecule has 1 saturated heterocycles. The van der Waals surface area contributed by atoms with E-state index >= 15 is 0 Å². The first kappa shape index (κ1) is 25.3. The Morgan fingerprint density at radius 3 is 2.81 bits per heavy atom. The van der Waals surface area contributed by atoms with Gasteiger partial charge < -0.3 is 39.5 Å². The summed E-state index contributed by atoms with van der Waals surface area (Å²) < 4.78 is 18.4. The van der Waals surface area contributed by atoms with E-state index in [4.69, 9.17) is 30.0 Å². The lowest BCUT2D eigenvalue weighted by Gasteiger charge is -2.21. The second-order valence-corrected chi connectivity index (χ2v) is 9.80. The van der Waals surface area contributed by atoms with Crippen LogP contribution in [0.5, 0.6) is 0 Å². The maximum Gasteiger partial charge on any atom is 0.327 e. The van der Waals surface area contributed by atoms with Crippen molar-refractivity contribution in [3.8, 4) is 0 Å². The number of hydrogen-bond donors (Lipinski definition) is 6. The predicted octanol–water partition coefficient (Wildman–Crippen LogP) is -1.48. The van der Waals surface area contributed by atoms with E-state index in [1.807, 2.05) is 0 Å². The van der Waals surface area contributed by atoms with Crippen molar-refractivity contribution in [3.05, 3.63) is 12.0 Å². The van der Waals surface area contributed by atoms with E-state index in [0.717, 1.165) is 0 Å². The quantitative estimate of drug-likeness (QED) is 0.0988. The second-order valence-electron chi connectivity index (χ2n) is 6.83. The lowest BCUT2D eigenvalue weighted by atomic mass is 10.2. The third-order valence-corrected chi connectivity index (χ3v) is 5.95. The van der Waals surface area contributed by atoms with Crippen molar-refractivity contribution in [2.45, 2.75) is 25.5 Å². The standard InChI is InChI=1S/C15H26N6O8P2/c1-10-14(19-15(16)18-9-22)21(8-17-10)11-6-20(13(23)2-4-30(24)25)7-12(11)29-3-5-31(26,27)28/h8-9,11-12,24-25H,2-7H2,1H3,(H2,26,27,28)(H3,16,18,19,22). The summed E-state index contributed by atoms with van der Waals surface area (Å²) >= 11 is 0. The lowest BCUT2D eigenvalue weighted by Crippen LogP contribution is -2.30. The molecule has 1 aromatic heterocycles. The van der Waals surface area contributed by atoms with Crippen molar-refractivity contribution in [1.29, 1.82) is 0 Å². The molecule has 0 bridgehead atoms. The molecule has 1 aromatic rings. The van der Waals surface area contributed by atoms with Crippen molar-refractivity contribution in [2.24, 2.45) is 10.7 Å². The number of ether oxygens (including phenoxy) is 1. The van der Waals surface area contributed by atoms with Crippen molar-refractivity contribution in [3.63, 3.8) is 0 Å². The minimum absolute atomic E-state index is 0.0628. The van der Waals surface area contributed by atoms with Crippen LogP contribution in [-0.4, -0.2) is 90.4 Å². The van der Waals surface area contributed by atoms with Gasteiger partial charge in [-0.3, -0.25) is 19.5 Å². The predicted molar refractivity (Wildman–Crippen MR) is 111 cm³/mol. The molecule has 2 rings (SSSR count). The highest BCUT2D eigenvalue weighted by atomic mass is 31.2. The van der Waals surface area contributed by atoms with Crippen LogP contribution < -0.4 is 11.1 Å². The summed E-state index contributed by atoms with van der Waals surface area (Å²) in [5.74, 6) is -0.154. The molecule has 2 amide bonds. The number of nitrogens with one attached hydrogen (secondary N) is 1. The maximum absolute atomic E-state index is 12.5. The zero-order chi connectivity index (χ0) is 23.2. The number of nitrogens with zero attached hydrogens (tertiary/aromatic N) is 4. The average molecular weight is 480 g/mol. The van der Waals surface area contributed by atoms with Crippen LogP contribution in [0.2, 0.25) is 0 Å². The fourth-order valence-electron chi connectivity index (χ4n) is 3.10. The highest BCUT2D eigenvalue weighted by molar-refractivity contribution is 7.51. The molecular formula is C15H26N6O8P2. The molecule has 0 aliphatic carbocycles. The number of aliphatic imine (C=N–C) groups is 1. The molecule has 2 unspecified atom stereocenters. The number of hydrogen-bond acceptors (Lipinski definition) is 8. The van der Waals surface area contributed by atoms with Gasteiger partial charge in [-0.2, -0.15) is 4.99 Å². The van der Waals surface area contributed by atoms with Crippen LogP contribution in [0.25, 0.3) is 0 Å². The molecule has 0 spiro atoms. The summed E-state index contributed by atoms with van der Waals surface area (Å²) in [6.45, 7) is 1.75. The van der Waals surface area contributed by atoms with Crippen LogP contribution in [0, 0.1) is 6.92 Å². The second kappa shape index (κ2) is 11.1. The van der Waals surface area contributed by atoms with E-state index in [9.17, 15) is 14.2 Å². The molecule has 0 aromatic carbocycles. The highest BCUT2D eigenvalue weighted by Crippen LogP contribution is 2.35. The molecule has 174 valence electrons. The van der Waals surface area contributed by atoms with Gasteiger partial charge in [0.1, 0.15) is 0 Å². The Kier molecular flexibility index (Phi) is 9.07. The van der Waals surface area contributed by atoms with Gasteiger partial charge in [-0.15, -0.1) is 0 Å². The molecule has 7 N–H and O–H groups in total. The van der Waals surface area contributed by atoms with Crippen LogP contribution in [0.4, 0.5) is 5.82 Å². The summed E-state index contributed by atoms with van der Waals surface area (Å²) in [7, 11) is -6.46. The number of carbonyl (C=O) groups is 2. The maximum atomic E-state index is 12.5. The van der Waals surface area contributed by atoms with Crippen LogP contribution in [0.15, 0.2) is 11.3 Å². The van der Waals surface area contributed by atoms with E-state index in [1.165, 1.54) is 11.2 Å². The molecule has 1 fully saturated rings. The number of amides is 2. The smallest absolute Gasteiger partial charge is 0.327 e. The number of rotatable bonds is 10. The van der Waals surface area contributed by atoms with Crippen LogP contribution >= 0.6 is 16.0 Å². The average Bonchev–Trinajstić information content (AvgIpc) is 3.23. The van der Waals surface area contributed by atoms with Gasteiger partial charge in [-0.1, -0.05) is 0 Å². The summed E-state index contributed by atoms with van der Waals surface area (Å²) in [4.78, 5) is 69.2. The number of likely N-dealkylation sites (tertiary alicyclic amines) is 1. The first-order valence-corrected chi connectivity index (χ1v) is 12.4. The molecular weight excluding hydrogens is 454 g/mol. The first-order chi connectivity index (χ1) is 14.5. The van der Waals surface area contributed by atoms with Crippen molar-refractivity contribution in [2.75, 3.05) is 32.0 Å². The van der Waals surface area contributed by atoms with E-state index in [0.29, 0.717) is 17.9 Å². The van der Waals surface area contributed by atoms with E-state index in [1.54, 1.807) is 11.5 Å². The van der Waals surface area contributed by atoms with Crippen LogP contribution in [-0.2, 0) is 18.9 Å². The minimum atomic E-state index is -4.26. The molecule has 0 radical (unpaired) electrons. The Morgan fingerprint density at radius 1 is 1.48 bits per heavy atom. The Balaban J connectivity index is 2.26. The Morgan fingerprint density at radius 2 is 2.19 bits per heavy atom. The topological polar surface area (TPSA) is 213 Å². The molecule has 0 saturated carbocycles. The zero-order valence-electron chi connectivity index (χ0n) is 16.7. The van der Waals surface area contributed by atoms with Gasteiger partial charge in [0.05, 0.1) is 36.9 Å². The van der Waals surface area contributed by atoms with E-state index in [-0.39, 0.29) is 44.1 Å². The molecule has 14 nitrogen and oxygen atoms in total. The van der Waals surface area contributed by atoms with Gasteiger partial charge in [0.25, 0.3) is 0 Å². The van der Waals surface area contributed by atoms with Crippen molar-refractivity contribution >= 4 is 40.1 Å². The summed E-state index contributed by atoms with van der Waals surface area (Å²) in [5.41, 5.74) is 6.16. The van der Waals surface area contributed by atoms with Crippen LogP contribution in [0.3, 0.4) is 0 Å². The Hall–Kier alpha value is -1.92. The summed E-state index contributed by atoms with van der Waals surface area (Å²) in [6, 6.07) is -0.505. The third kappa shape index (κ3) is 7.62. The summed E-state index contributed by atoms with van der Waals surface area (Å²) in [6.07, 6.45) is 0.602. The first-order valence-electron chi connectivity index (χ1n) is 9.19. The lowest BCUT2D eigenvalue weighted by molar-refractivity contribution is -0.130. The number of nitrogens with two attached hydrogens (primary N) is 1. The van der Waals surface area contributed by atoms with Gasteiger partial charge in [0, 0.05) is 25.7 Å². The van der Waals surface area contributed by atoms with E-state index < -0.39 is 34.3 Å². The summed E-state index contributed by atoms with van der Waals surface area (Å²) in [5, 5.41) is 2.22. The van der Waals surface area contributed by atoms with Crippen LogP contribution in [0.1, 0.15) is 18.2 Å². The number of aromatic nitrogens is 2. The minimum Gasteiger partial charge on any atom is -0.373 e. The normalized spacial score (nSPS) is 19.8. The van der Waals surface area contributed by atoms with Crippen molar-refractivity contribution in [1.82, 2.24) is 19.8 Å². The highest BCUT2D eigenvalue weighted by Gasteiger charge is 2.38. The third-order valence-electron chi connectivity index (χ3n) is 4.56. The Bertz CT molecular complexity index is 857. The zero-order valence-corrected chi connectivity index (χ0v) is 18.5. The molecule has 1 aliphatic rings. The molecule has 16 heteroatoms.